The summed E-state index contributed by atoms with van der Waals surface area (Å²) in [5, 5.41) is 17.2. The second-order valence-corrected chi connectivity index (χ2v) is 6.68. The van der Waals surface area contributed by atoms with E-state index in [1.807, 2.05) is 6.07 Å². The molecule has 0 fully saturated rings. The Morgan fingerprint density at radius 1 is 0.968 bits per heavy atom. The molecule has 1 atom stereocenters. The Balaban J connectivity index is 1.67. The van der Waals surface area contributed by atoms with Crippen molar-refractivity contribution in [3.63, 3.8) is 0 Å². The van der Waals surface area contributed by atoms with E-state index >= 15 is 0 Å². The minimum absolute atomic E-state index is 0.0917. The average Bonchev–Trinajstić information content (AvgIpc) is 2.75. The van der Waals surface area contributed by atoms with Gasteiger partial charge in [-0.3, -0.25) is 4.79 Å². The zero-order chi connectivity index (χ0) is 22.4. The molecule has 156 valence electrons. The molecule has 0 aliphatic heterocycles. The van der Waals surface area contributed by atoms with Crippen molar-refractivity contribution in [1.82, 2.24) is 5.32 Å². The second-order valence-electron chi connectivity index (χ2n) is 6.68. The molecule has 1 unspecified atom stereocenters. The average molecular weight is 420 g/mol. The van der Waals surface area contributed by atoms with Crippen LogP contribution in [0.1, 0.15) is 34.5 Å². The van der Waals surface area contributed by atoms with E-state index in [4.69, 9.17) is 0 Å². The van der Waals surface area contributed by atoms with Crippen molar-refractivity contribution in [2.45, 2.75) is 13.0 Å². The maximum atomic E-state index is 13.8. The summed E-state index contributed by atoms with van der Waals surface area (Å²) in [6.45, 7) is 1.74. The molecule has 3 aromatic carbocycles. The number of amides is 3. The van der Waals surface area contributed by atoms with Crippen LogP contribution in [0.5, 0.6) is 0 Å². The predicted octanol–water partition coefficient (Wildman–Crippen LogP) is 4.97. The van der Waals surface area contributed by atoms with Crippen molar-refractivity contribution >= 4 is 23.3 Å². The highest BCUT2D eigenvalue weighted by atomic mass is 19.1. The van der Waals surface area contributed by atoms with Gasteiger partial charge >= 0.3 is 6.03 Å². The smallest absolute Gasteiger partial charge is 0.319 e. The first-order valence-corrected chi connectivity index (χ1v) is 9.30. The minimum atomic E-state index is -0.693. The number of hydrogen-bond acceptors (Lipinski definition) is 3. The third kappa shape index (κ3) is 5.42. The van der Waals surface area contributed by atoms with Crippen LogP contribution in [0.25, 0.3) is 0 Å². The molecule has 0 saturated carbocycles. The number of rotatable bonds is 5. The molecule has 0 heterocycles. The van der Waals surface area contributed by atoms with Gasteiger partial charge in [-0.15, -0.1) is 0 Å². The van der Waals surface area contributed by atoms with Crippen molar-refractivity contribution in [3.8, 4) is 6.07 Å². The molecule has 0 saturated heterocycles. The van der Waals surface area contributed by atoms with Gasteiger partial charge in [0.1, 0.15) is 17.7 Å². The van der Waals surface area contributed by atoms with Crippen LogP contribution in [-0.2, 0) is 0 Å². The number of nitriles is 1. The Kier molecular flexibility index (Phi) is 6.58. The summed E-state index contributed by atoms with van der Waals surface area (Å²) >= 11 is 0. The number of carbonyl (C=O) groups excluding carboxylic acids is 2. The highest BCUT2D eigenvalue weighted by Gasteiger charge is 2.15. The fourth-order valence-electron chi connectivity index (χ4n) is 2.86. The monoisotopic (exact) mass is 420 g/mol. The number of halogens is 2. The quantitative estimate of drug-likeness (QED) is 0.544. The van der Waals surface area contributed by atoms with Gasteiger partial charge in [-0.1, -0.05) is 24.3 Å². The highest BCUT2D eigenvalue weighted by molar-refractivity contribution is 6.05. The van der Waals surface area contributed by atoms with Gasteiger partial charge in [0.25, 0.3) is 5.91 Å². The minimum Gasteiger partial charge on any atom is -0.331 e. The van der Waals surface area contributed by atoms with Gasteiger partial charge in [-0.25, -0.2) is 13.6 Å². The Labute approximate surface area is 177 Å². The molecular formula is C23H18F2N4O2. The van der Waals surface area contributed by atoms with Gasteiger partial charge in [-0.05, 0) is 55.0 Å². The first-order valence-electron chi connectivity index (χ1n) is 9.30. The third-order valence-corrected chi connectivity index (χ3v) is 4.48. The summed E-state index contributed by atoms with van der Waals surface area (Å²) in [4.78, 5) is 24.5. The van der Waals surface area contributed by atoms with E-state index in [-0.39, 0.29) is 28.7 Å². The van der Waals surface area contributed by atoms with E-state index in [1.165, 1.54) is 54.6 Å². The maximum absolute atomic E-state index is 13.8. The van der Waals surface area contributed by atoms with Gasteiger partial charge in [0.05, 0.1) is 22.9 Å². The van der Waals surface area contributed by atoms with Crippen molar-refractivity contribution < 1.29 is 18.4 Å². The standard InChI is InChI=1S/C23H18F2N4O2/c1-14(15-6-8-17(24)9-7-15)27-23(31)28-18-10-11-21(16(12-18)13-26)29-22(30)19-4-2-3-5-20(19)25/h2-12,14H,1H3,(H,29,30)(H2,27,28,31). The molecule has 6 nitrogen and oxygen atoms in total. The van der Waals surface area contributed by atoms with E-state index in [2.05, 4.69) is 16.0 Å². The fraction of sp³-hybridized carbons (Fsp3) is 0.0870. The summed E-state index contributed by atoms with van der Waals surface area (Å²) in [5.74, 6) is -1.74. The van der Waals surface area contributed by atoms with Crippen molar-refractivity contribution in [1.29, 1.82) is 5.26 Å². The van der Waals surface area contributed by atoms with Crippen LogP contribution in [0.2, 0.25) is 0 Å². The number of anilines is 2. The lowest BCUT2D eigenvalue weighted by atomic mass is 10.1. The summed E-state index contributed by atoms with van der Waals surface area (Å²) < 4.78 is 26.8. The van der Waals surface area contributed by atoms with Crippen LogP contribution in [-0.4, -0.2) is 11.9 Å². The molecule has 3 amide bonds. The molecule has 0 aliphatic carbocycles. The van der Waals surface area contributed by atoms with Crippen LogP contribution in [0.4, 0.5) is 25.0 Å². The first kappa shape index (κ1) is 21.5. The molecule has 3 rings (SSSR count). The van der Waals surface area contributed by atoms with Crippen molar-refractivity contribution in [2.75, 3.05) is 10.6 Å². The topological polar surface area (TPSA) is 94.0 Å². The lowest BCUT2D eigenvalue weighted by Crippen LogP contribution is -2.31. The van der Waals surface area contributed by atoms with Crippen LogP contribution in [0.15, 0.2) is 66.7 Å². The highest BCUT2D eigenvalue weighted by Crippen LogP contribution is 2.22. The number of carbonyl (C=O) groups is 2. The molecule has 3 N–H and O–H groups in total. The summed E-state index contributed by atoms with van der Waals surface area (Å²) in [6, 6.07) is 16.6. The predicted molar refractivity (Wildman–Crippen MR) is 112 cm³/mol. The second kappa shape index (κ2) is 9.50. The van der Waals surface area contributed by atoms with Gasteiger partial charge in [-0.2, -0.15) is 5.26 Å². The molecule has 0 aliphatic rings. The number of urea groups is 1. The normalized spacial score (nSPS) is 11.2. The van der Waals surface area contributed by atoms with Gasteiger partial charge in [0.15, 0.2) is 0 Å². The van der Waals surface area contributed by atoms with Gasteiger partial charge in [0.2, 0.25) is 0 Å². The largest absolute Gasteiger partial charge is 0.331 e. The zero-order valence-corrected chi connectivity index (χ0v) is 16.4. The Morgan fingerprint density at radius 2 is 1.68 bits per heavy atom. The molecule has 31 heavy (non-hydrogen) atoms. The lowest BCUT2D eigenvalue weighted by Gasteiger charge is -2.16. The SMILES string of the molecule is CC(NC(=O)Nc1ccc(NC(=O)c2ccccc2F)c(C#N)c1)c1ccc(F)cc1. The summed E-state index contributed by atoms with van der Waals surface area (Å²) in [7, 11) is 0. The van der Waals surface area contributed by atoms with Crippen LogP contribution >= 0.6 is 0 Å². The zero-order valence-electron chi connectivity index (χ0n) is 16.4. The van der Waals surface area contributed by atoms with E-state index in [0.717, 1.165) is 5.56 Å². The molecule has 0 bridgehead atoms. The van der Waals surface area contributed by atoms with E-state index in [0.29, 0.717) is 5.69 Å². The number of nitrogens with one attached hydrogen (secondary N) is 3. The number of nitrogens with zero attached hydrogens (tertiary/aromatic N) is 1. The molecule has 0 spiro atoms. The maximum Gasteiger partial charge on any atom is 0.319 e. The van der Waals surface area contributed by atoms with E-state index < -0.39 is 17.8 Å². The molecule has 3 aromatic rings. The van der Waals surface area contributed by atoms with E-state index in [1.54, 1.807) is 19.1 Å². The molecule has 0 radical (unpaired) electrons. The van der Waals surface area contributed by atoms with Crippen molar-refractivity contribution in [3.05, 3.63) is 95.1 Å². The Morgan fingerprint density at radius 3 is 2.35 bits per heavy atom. The number of hydrogen-bond donors (Lipinski definition) is 3. The summed E-state index contributed by atoms with van der Waals surface area (Å²) in [5.41, 5.74) is 1.17. The van der Waals surface area contributed by atoms with E-state index in [9.17, 15) is 23.6 Å². The van der Waals surface area contributed by atoms with Crippen molar-refractivity contribution in [2.24, 2.45) is 0 Å². The fourth-order valence-corrected chi connectivity index (χ4v) is 2.86. The van der Waals surface area contributed by atoms with Gasteiger partial charge in [0, 0.05) is 5.69 Å². The van der Waals surface area contributed by atoms with Crippen LogP contribution < -0.4 is 16.0 Å². The van der Waals surface area contributed by atoms with Gasteiger partial charge < -0.3 is 16.0 Å². The van der Waals surface area contributed by atoms with Crippen LogP contribution in [0.3, 0.4) is 0 Å². The van der Waals surface area contributed by atoms with Crippen LogP contribution in [0, 0.1) is 23.0 Å². The lowest BCUT2D eigenvalue weighted by molar-refractivity contribution is 0.102. The third-order valence-electron chi connectivity index (χ3n) is 4.48. The molecule has 8 heteroatoms. The Bertz CT molecular complexity index is 1160. The molecular weight excluding hydrogens is 402 g/mol. The molecule has 0 aromatic heterocycles. The summed E-state index contributed by atoms with van der Waals surface area (Å²) in [6.07, 6.45) is 0. The first-order chi connectivity index (χ1) is 14.9. The number of benzene rings is 3. The Hall–Kier alpha value is -4.25.